The van der Waals surface area contributed by atoms with Crippen LogP contribution in [0.5, 0.6) is 0 Å². The molecule has 0 amide bonds. The molecule has 0 saturated carbocycles. The summed E-state index contributed by atoms with van der Waals surface area (Å²) in [6, 6.07) is 5.18. The summed E-state index contributed by atoms with van der Waals surface area (Å²) < 4.78 is 0. The van der Waals surface area contributed by atoms with Crippen molar-refractivity contribution in [2.24, 2.45) is 0 Å². The molecule has 1 rings (SSSR count). The molecule has 1 aromatic heterocycles. The highest BCUT2D eigenvalue weighted by atomic mass is 35.5. The zero-order valence-corrected chi connectivity index (χ0v) is 8.87. The van der Waals surface area contributed by atoms with E-state index in [2.05, 4.69) is 4.98 Å². The molecular weight excluding hydrogens is 240 g/mol. The number of pyridine rings is 1. The molecule has 66 valence electrons. The standard InChI is InChI=1S/C7H5Cl4N/c8-6(9)4-2-1-3-5(12-4)7(10)11/h1-3,6-7H. The molecule has 5 heteroatoms. The average Bonchev–Trinajstić information content (AvgIpc) is 2.04. The largest absolute Gasteiger partial charge is 0.252 e. The number of rotatable bonds is 2. The third-order valence-corrected chi connectivity index (χ3v) is 2.13. The van der Waals surface area contributed by atoms with Gasteiger partial charge in [-0.1, -0.05) is 52.5 Å². The minimum absolute atomic E-state index is 0.558. The lowest BCUT2D eigenvalue weighted by Gasteiger charge is -2.04. The summed E-state index contributed by atoms with van der Waals surface area (Å²) in [5.74, 6) is 0. The number of halogens is 4. The molecule has 0 aliphatic heterocycles. The number of alkyl halides is 4. The predicted molar refractivity (Wildman–Crippen MR) is 53.1 cm³/mol. The molecule has 0 aromatic carbocycles. The van der Waals surface area contributed by atoms with Crippen molar-refractivity contribution < 1.29 is 0 Å². The highest BCUT2D eigenvalue weighted by Crippen LogP contribution is 2.27. The Bertz CT molecular complexity index is 238. The summed E-state index contributed by atoms with van der Waals surface area (Å²) >= 11 is 22.4. The van der Waals surface area contributed by atoms with Crippen molar-refractivity contribution in [2.75, 3.05) is 0 Å². The predicted octanol–water partition coefficient (Wildman–Crippen LogP) is 4.03. The zero-order chi connectivity index (χ0) is 9.14. The van der Waals surface area contributed by atoms with E-state index >= 15 is 0 Å². The topological polar surface area (TPSA) is 12.9 Å². The first kappa shape index (κ1) is 10.4. The first-order chi connectivity index (χ1) is 5.61. The van der Waals surface area contributed by atoms with E-state index in [9.17, 15) is 0 Å². The molecule has 0 atom stereocenters. The van der Waals surface area contributed by atoms with Crippen molar-refractivity contribution in [3.8, 4) is 0 Å². The van der Waals surface area contributed by atoms with Gasteiger partial charge >= 0.3 is 0 Å². The molecule has 0 radical (unpaired) electrons. The smallest absolute Gasteiger partial charge is 0.149 e. The van der Waals surface area contributed by atoms with E-state index in [1.165, 1.54) is 0 Å². The van der Waals surface area contributed by atoms with Crippen molar-refractivity contribution in [3.63, 3.8) is 0 Å². The van der Waals surface area contributed by atoms with Gasteiger partial charge in [0.05, 0.1) is 11.4 Å². The summed E-state index contributed by atoms with van der Waals surface area (Å²) in [6.45, 7) is 0. The van der Waals surface area contributed by atoms with Gasteiger partial charge < -0.3 is 0 Å². The fourth-order valence-corrected chi connectivity index (χ4v) is 1.20. The van der Waals surface area contributed by atoms with Crippen LogP contribution in [0.2, 0.25) is 0 Å². The molecule has 0 N–H and O–H groups in total. The lowest BCUT2D eigenvalue weighted by atomic mass is 10.3. The van der Waals surface area contributed by atoms with Crippen LogP contribution in [-0.4, -0.2) is 4.98 Å². The van der Waals surface area contributed by atoms with E-state index < -0.39 is 9.67 Å². The van der Waals surface area contributed by atoms with Crippen LogP contribution < -0.4 is 0 Å². The van der Waals surface area contributed by atoms with Gasteiger partial charge in [0, 0.05) is 0 Å². The van der Waals surface area contributed by atoms with Crippen LogP contribution in [0.1, 0.15) is 21.1 Å². The van der Waals surface area contributed by atoms with Crippen molar-refractivity contribution in [1.29, 1.82) is 0 Å². The monoisotopic (exact) mass is 243 g/mol. The summed E-state index contributed by atoms with van der Waals surface area (Å²) in [6.07, 6.45) is 0. The molecule has 0 fully saturated rings. The second-order valence-corrected chi connectivity index (χ2v) is 4.28. The van der Waals surface area contributed by atoms with Gasteiger partial charge in [-0.3, -0.25) is 4.98 Å². The Hall–Kier alpha value is 0.310. The molecule has 0 saturated heterocycles. The number of aromatic nitrogens is 1. The van der Waals surface area contributed by atoms with E-state index in [0.717, 1.165) is 0 Å². The van der Waals surface area contributed by atoms with Crippen LogP contribution in [0.3, 0.4) is 0 Å². The molecule has 0 aliphatic rings. The molecule has 0 aliphatic carbocycles. The first-order valence-corrected chi connectivity index (χ1v) is 4.89. The Morgan fingerprint density at radius 1 is 0.917 bits per heavy atom. The molecule has 1 aromatic rings. The number of hydrogen-bond donors (Lipinski definition) is 0. The Balaban J connectivity index is 2.96. The van der Waals surface area contributed by atoms with Gasteiger partial charge in [0.2, 0.25) is 0 Å². The minimum atomic E-state index is -0.642. The second-order valence-electron chi connectivity index (χ2n) is 2.09. The molecular formula is C7H5Cl4N. The van der Waals surface area contributed by atoms with E-state index in [0.29, 0.717) is 11.4 Å². The van der Waals surface area contributed by atoms with Crippen LogP contribution in [0.4, 0.5) is 0 Å². The van der Waals surface area contributed by atoms with Gasteiger partial charge in [-0.2, -0.15) is 0 Å². The molecule has 0 unspecified atom stereocenters. The number of nitrogens with zero attached hydrogens (tertiary/aromatic N) is 1. The molecule has 12 heavy (non-hydrogen) atoms. The lowest BCUT2D eigenvalue weighted by Crippen LogP contribution is -1.93. The van der Waals surface area contributed by atoms with Gasteiger partial charge in [0.1, 0.15) is 9.67 Å². The fraction of sp³-hybridized carbons (Fsp3) is 0.286. The quantitative estimate of drug-likeness (QED) is 0.716. The highest BCUT2D eigenvalue weighted by molar-refractivity contribution is 6.44. The summed E-state index contributed by atoms with van der Waals surface area (Å²) in [5.41, 5.74) is 1.12. The van der Waals surface area contributed by atoms with Crippen LogP contribution in [0, 0.1) is 0 Å². The van der Waals surface area contributed by atoms with Gasteiger partial charge in [-0.25, -0.2) is 0 Å². The SMILES string of the molecule is ClC(Cl)c1cccc(C(Cl)Cl)n1. The highest BCUT2D eigenvalue weighted by Gasteiger charge is 2.09. The Labute approximate surface area is 90.6 Å². The van der Waals surface area contributed by atoms with E-state index in [4.69, 9.17) is 46.4 Å². The van der Waals surface area contributed by atoms with E-state index in [1.807, 2.05) is 0 Å². The summed E-state index contributed by atoms with van der Waals surface area (Å²) in [7, 11) is 0. The minimum Gasteiger partial charge on any atom is -0.252 e. The van der Waals surface area contributed by atoms with Crippen LogP contribution >= 0.6 is 46.4 Å². The van der Waals surface area contributed by atoms with Gasteiger partial charge in [0.25, 0.3) is 0 Å². The van der Waals surface area contributed by atoms with Gasteiger partial charge in [0.15, 0.2) is 0 Å². The first-order valence-electron chi connectivity index (χ1n) is 3.14. The van der Waals surface area contributed by atoms with Crippen LogP contribution in [0.15, 0.2) is 18.2 Å². The molecule has 0 bridgehead atoms. The second kappa shape index (κ2) is 4.52. The van der Waals surface area contributed by atoms with Gasteiger partial charge in [-0.15, -0.1) is 0 Å². The van der Waals surface area contributed by atoms with Crippen molar-refractivity contribution in [1.82, 2.24) is 4.98 Å². The van der Waals surface area contributed by atoms with Crippen molar-refractivity contribution in [2.45, 2.75) is 9.67 Å². The Morgan fingerprint density at radius 2 is 1.33 bits per heavy atom. The van der Waals surface area contributed by atoms with Crippen molar-refractivity contribution in [3.05, 3.63) is 29.6 Å². The third-order valence-electron chi connectivity index (χ3n) is 1.24. The zero-order valence-electron chi connectivity index (χ0n) is 5.85. The Morgan fingerprint density at radius 3 is 1.67 bits per heavy atom. The average molecular weight is 245 g/mol. The van der Waals surface area contributed by atoms with Gasteiger partial charge in [-0.05, 0) is 12.1 Å². The fourth-order valence-electron chi connectivity index (χ4n) is 0.712. The number of hydrogen-bond acceptors (Lipinski definition) is 1. The maximum atomic E-state index is 5.60. The van der Waals surface area contributed by atoms with Crippen LogP contribution in [-0.2, 0) is 0 Å². The van der Waals surface area contributed by atoms with Crippen LogP contribution in [0.25, 0.3) is 0 Å². The lowest BCUT2D eigenvalue weighted by molar-refractivity contribution is 1.06. The summed E-state index contributed by atoms with van der Waals surface area (Å²) in [4.78, 5) is 2.76. The third kappa shape index (κ3) is 2.67. The normalized spacial score (nSPS) is 11.2. The maximum absolute atomic E-state index is 5.60. The van der Waals surface area contributed by atoms with E-state index in [1.54, 1.807) is 18.2 Å². The molecule has 1 nitrogen and oxygen atoms in total. The molecule has 0 spiro atoms. The molecule has 1 heterocycles. The summed E-state index contributed by atoms with van der Waals surface area (Å²) in [5, 5.41) is 0. The van der Waals surface area contributed by atoms with Crippen molar-refractivity contribution >= 4 is 46.4 Å². The Kier molecular flexibility index (Phi) is 3.91. The van der Waals surface area contributed by atoms with E-state index in [-0.39, 0.29) is 0 Å². The maximum Gasteiger partial charge on any atom is 0.149 e.